The van der Waals surface area contributed by atoms with E-state index >= 15 is 0 Å². The summed E-state index contributed by atoms with van der Waals surface area (Å²) in [6.45, 7) is 3.05. The zero-order valence-corrected chi connectivity index (χ0v) is 11.7. The number of nitrogens with zero attached hydrogens (tertiary/aromatic N) is 1. The molecule has 110 valence electrons. The maximum absolute atomic E-state index is 12.7. The van der Waals surface area contributed by atoms with E-state index in [9.17, 15) is 9.18 Å². The van der Waals surface area contributed by atoms with Crippen molar-refractivity contribution in [2.45, 2.75) is 38.3 Å². The summed E-state index contributed by atoms with van der Waals surface area (Å²) in [4.78, 5) is 14.0. The van der Waals surface area contributed by atoms with Gasteiger partial charge in [0.05, 0.1) is 13.0 Å². The molecule has 0 unspecified atom stereocenters. The van der Waals surface area contributed by atoms with Crippen LogP contribution in [0.5, 0.6) is 5.75 Å². The molecule has 1 amide bonds. The summed E-state index contributed by atoms with van der Waals surface area (Å²) in [5.41, 5.74) is 5.88. The third-order valence-electron chi connectivity index (χ3n) is 3.64. The molecule has 1 fully saturated rings. The van der Waals surface area contributed by atoms with Crippen molar-refractivity contribution in [2.75, 3.05) is 13.2 Å². The van der Waals surface area contributed by atoms with E-state index in [1.807, 2.05) is 11.8 Å². The molecule has 4 nitrogen and oxygen atoms in total. The van der Waals surface area contributed by atoms with Crippen LogP contribution in [0, 0.1) is 5.82 Å². The summed E-state index contributed by atoms with van der Waals surface area (Å²) in [6, 6.07) is 6.18. The number of rotatable bonds is 4. The number of carbonyl (C=O) groups excluding carboxylic acids is 1. The molecule has 1 heterocycles. The molecule has 1 aliphatic rings. The molecule has 0 radical (unpaired) electrons. The molecule has 2 atom stereocenters. The second-order valence-corrected chi connectivity index (χ2v) is 5.27. The van der Waals surface area contributed by atoms with E-state index in [0.717, 1.165) is 19.4 Å². The zero-order valence-electron chi connectivity index (χ0n) is 11.7. The van der Waals surface area contributed by atoms with Crippen LogP contribution in [0.25, 0.3) is 0 Å². The van der Waals surface area contributed by atoms with E-state index in [-0.39, 0.29) is 23.8 Å². The fourth-order valence-corrected chi connectivity index (χ4v) is 2.51. The number of amides is 1. The van der Waals surface area contributed by atoms with Gasteiger partial charge in [0.1, 0.15) is 11.6 Å². The predicted molar refractivity (Wildman–Crippen MR) is 74.9 cm³/mol. The van der Waals surface area contributed by atoms with Crippen LogP contribution in [0.2, 0.25) is 0 Å². The Labute approximate surface area is 118 Å². The van der Waals surface area contributed by atoms with Crippen molar-refractivity contribution in [3.8, 4) is 5.75 Å². The van der Waals surface area contributed by atoms with Crippen molar-refractivity contribution >= 4 is 5.91 Å². The lowest BCUT2D eigenvalue weighted by atomic mass is 9.99. The second-order valence-electron chi connectivity index (χ2n) is 5.27. The van der Waals surface area contributed by atoms with E-state index < -0.39 is 0 Å². The van der Waals surface area contributed by atoms with Gasteiger partial charge in [-0.2, -0.15) is 0 Å². The molecule has 2 N–H and O–H groups in total. The quantitative estimate of drug-likeness (QED) is 0.917. The maximum atomic E-state index is 12.7. The Hall–Kier alpha value is -1.62. The molecule has 1 saturated heterocycles. The van der Waals surface area contributed by atoms with Crippen LogP contribution in [-0.4, -0.2) is 36.0 Å². The Kier molecular flexibility index (Phi) is 4.95. The average Bonchev–Trinajstić information content (AvgIpc) is 2.41. The molecule has 20 heavy (non-hydrogen) atoms. The van der Waals surface area contributed by atoms with Crippen LogP contribution in [0.3, 0.4) is 0 Å². The lowest BCUT2D eigenvalue weighted by molar-refractivity contribution is -0.135. The third-order valence-corrected chi connectivity index (χ3v) is 3.64. The Morgan fingerprint density at radius 1 is 1.45 bits per heavy atom. The van der Waals surface area contributed by atoms with Crippen LogP contribution in [0.4, 0.5) is 4.39 Å². The lowest BCUT2D eigenvalue weighted by Gasteiger charge is -2.36. The van der Waals surface area contributed by atoms with Crippen LogP contribution >= 0.6 is 0 Å². The van der Waals surface area contributed by atoms with Crippen molar-refractivity contribution in [1.82, 2.24) is 4.90 Å². The highest BCUT2D eigenvalue weighted by Gasteiger charge is 2.26. The summed E-state index contributed by atoms with van der Waals surface area (Å²) in [5.74, 6) is 0.367. The van der Waals surface area contributed by atoms with Gasteiger partial charge >= 0.3 is 0 Å². The standard InChI is InChI=1S/C15H21FN2O2/c1-11-10-13(17)6-8-18(11)15(19)7-9-20-14-4-2-12(16)3-5-14/h2-5,11,13H,6-10,17H2,1H3/t11-,13+/m0/s1. The normalized spacial score (nSPS) is 22.6. The van der Waals surface area contributed by atoms with Crippen molar-refractivity contribution in [2.24, 2.45) is 5.73 Å². The molecule has 0 spiro atoms. The van der Waals surface area contributed by atoms with E-state index in [2.05, 4.69) is 0 Å². The molecule has 1 aromatic carbocycles. The fraction of sp³-hybridized carbons (Fsp3) is 0.533. The van der Waals surface area contributed by atoms with Gasteiger partial charge in [0.2, 0.25) is 5.91 Å². The highest BCUT2D eigenvalue weighted by atomic mass is 19.1. The highest BCUT2D eigenvalue weighted by molar-refractivity contribution is 5.76. The number of hydrogen-bond donors (Lipinski definition) is 1. The van der Waals surface area contributed by atoms with Gasteiger partial charge in [-0.1, -0.05) is 0 Å². The second kappa shape index (κ2) is 6.70. The fourth-order valence-electron chi connectivity index (χ4n) is 2.51. The number of nitrogens with two attached hydrogens (primary N) is 1. The minimum absolute atomic E-state index is 0.0894. The molecule has 0 saturated carbocycles. The first-order valence-corrected chi connectivity index (χ1v) is 6.99. The Morgan fingerprint density at radius 2 is 2.15 bits per heavy atom. The topological polar surface area (TPSA) is 55.6 Å². The summed E-state index contributed by atoms with van der Waals surface area (Å²) in [6.07, 6.45) is 2.04. The monoisotopic (exact) mass is 280 g/mol. The van der Waals surface area contributed by atoms with E-state index in [0.29, 0.717) is 18.8 Å². The van der Waals surface area contributed by atoms with E-state index in [1.165, 1.54) is 12.1 Å². The van der Waals surface area contributed by atoms with Gasteiger partial charge in [-0.25, -0.2) is 4.39 Å². The molecule has 0 aliphatic carbocycles. The highest BCUT2D eigenvalue weighted by Crippen LogP contribution is 2.17. The van der Waals surface area contributed by atoms with Crippen molar-refractivity contribution in [3.63, 3.8) is 0 Å². The van der Waals surface area contributed by atoms with Gasteiger partial charge in [0, 0.05) is 18.6 Å². The lowest BCUT2D eigenvalue weighted by Crippen LogP contribution is -2.48. The van der Waals surface area contributed by atoms with Crippen LogP contribution in [0.1, 0.15) is 26.2 Å². The number of likely N-dealkylation sites (tertiary alicyclic amines) is 1. The van der Waals surface area contributed by atoms with Gasteiger partial charge in [-0.05, 0) is 44.0 Å². The first kappa shape index (κ1) is 14.8. The Bertz CT molecular complexity index is 450. The Balaban J connectivity index is 1.76. The summed E-state index contributed by atoms with van der Waals surface area (Å²) in [7, 11) is 0. The van der Waals surface area contributed by atoms with Gasteiger partial charge in [0.15, 0.2) is 0 Å². The van der Waals surface area contributed by atoms with E-state index in [1.54, 1.807) is 12.1 Å². The first-order valence-electron chi connectivity index (χ1n) is 6.99. The molecule has 2 rings (SSSR count). The molecular weight excluding hydrogens is 259 g/mol. The summed E-state index contributed by atoms with van der Waals surface area (Å²) < 4.78 is 18.2. The third kappa shape index (κ3) is 3.93. The van der Waals surface area contributed by atoms with Crippen molar-refractivity contribution in [3.05, 3.63) is 30.1 Å². The van der Waals surface area contributed by atoms with Gasteiger partial charge in [0.25, 0.3) is 0 Å². The van der Waals surface area contributed by atoms with Crippen LogP contribution in [-0.2, 0) is 4.79 Å². The first-order chi connectivity index (χ1) is 9.56. The summed E-state index contributed by atoms with van der Waals surface area (Å²) >= 11 is 0. The Morgan fingerprint density at radius 3 is 2.80 bits per heavy atom. The van der Waals surface area contributed by atoms with Crippen molar-refractivity contribution < 1.29 is 13.9 Å². The molecule has 0 aromatic heterocycles. The molecule has 1 aliphatic heterocycles. The van der Waals surface area contributed by atoms with Gasteiger partial charge in [-0.15, -0.1) is 0 Å². The maximum Gasteiger partial charge on any atom is 0.226 e. The molecule has 5 heteroatoms. The number of ether oxygens (including phenoxy) is 1. The number of piperidine rings is 1. The smallest absolute Gasteiger partial charge is 0.226 e. The van der Waals surface area contributed by atoms with E-state index in [4.69, 9.17) is 10.5 Å². The SMILES string of the molecule is C[C@H]1C[C@H](N)CCN1C(=O)CCOc1ccc(F)cc1. The predicted octanol–water partition coefficient (Wildman–Crippen LogP) is 1.93. The molecular formula is C15H21FN2O2. The van der Waals surface area contributed by atoms with Gasteiger partial charge in [-0.3, -0.25) is 4.79 Å². The minimum Gasteiger partial charge on any atom is -0.493 e. The van der Waals surface area contributed by atoms with Gasteiger partial charge < -0.3 is 15.4 Å². The molecule has 0 bridgehead atoms. The minimum atomic E-state index is -0.299. The number of benzene rings is 1. The zero-order chi connectivity index (χ0) is 14.5. The number of carbonyl (C=O) groups is 1. The summed E-state index contributed by atoms with van der Waals surface area (Å²) in [5, 5.41) is 0. The average molecular weight is 280 g/mol. The van der Waals surface area contributed by atoms with Crippen LogP contribution in [0.15, 0.2) is 24.3 Å². The van der Waals surface area contributed by atoms with Crippen molar-refractivity contribution in [1.29, 1.82) is 0 Å². The van der Waals surface area contributed by atoms with Crippen LogP contribution < -0.4 is 10.5 Å². The molecule has 1 aromatic rings. The largest absolute Gasteiger partial charge is 0.493 e. The number of hydrogen-bond acceptors (Lipinski definition) is 3. The number of halogens is 1.